The molecule has 0 fully saturated rings. The minimum Gasteiger partial charge on any atom is -0.488 e. The molecule has 4 rings (SSSR count). The molecule has 1 atom stereocenters. The van der Waals surface area contributed by atoms with Gasteiger partial charge in [0, 0.05) is 34.6 Å². The van der Waals surface area contributed by atoms with E-state index in [4.69, 9.17) is 38.4 Å². The Morgan fingerprint density at radius 3 is 2.73 bits per heavy atom. The largest absolute Gasteiger partial charge is 0.488 e. The summed E-state index contributed by atoms with van der Waals surface area (Å²) in [5.41, 5.74) is 6.92. The van der Waals surface area contributed by atoms with Crippen LogP contribution in [0.25, 0.3) is 0 Å². The van der Waals surface area contributed by atoms with Crippen molar-refractivity contribution >= 4 is 29.0 Å². The second-order valence-corrected chi connectivity index (χ2v) is 9.72. The van der Waals surface area contributed by atoms with E-state index in [1.54, 1.807) is 24.3 Å². The number of halogens is 3. The molecule has 0 saturated carbocycles. The molecule has 1 unspecified atom stereocenters. The molecule has 5 nitrogen and oxygen atoms in total. The fourth-order valence-electron chi connectivity index (χ4n) is 4.29. The summed E-state index contributed by atoms with van der Waals surface area (Å²) in [7, 11) is 0. The minimum absolute atomic E-state index is 0.0603. The maximum Gasteiger partial charge on any atom is 0.205 e. The number of benzene rings is 2. The van der Waals surface area contributed by atoms with Crippen molar-refractivity contribution < 1.29 is 18.7 Å². The van der Waals surface area contributed by atoms with Crippen molar-refractivity contribution in [2.24, 2.45) is 11.1 Å². The summed E-state index contributed by atoms with van der Waals surface area (Å²) in [5.74, 6) is -0.728. The fraction of sp³-hybridized carbons (Fsp3) is 0.280. The first-order valence-corrected chi connectivity index (χ1v) is 11.1. The summed E-state index contributed by atoms with van der Waals surface area (Å²) in [6, 6.07) is 11.3. The lowest BCUT2D eigenvalue weighted by Crippen LogP contribution is -2.33. The number of Topliss-reactive ketones (excluding diaryl/α,β-unsaturated/α-hetero) is 1. The maximum atomic E-state index is 14.3. The Bertz CT molecular complexity index is 1240. The number of nitrogens with zero attached hydrogens (tertiary/aromatic N) is 1. The third kappa shape index (κ3) is 4.44. The lowest BCUT2D eigenvalue weighted by Gasteiger charge is -2.37. The number of rotatable bonds is 4. The zero-order valence-electron chi connectivity index (χ0n) is 18.0. The topological polar surface area (TPSA) is 85.3 Å². The van der Waals surface area contributed by atoms with Crippen molar-refractivity contribution in [2.45, 2.75) is 39.2 Å². The number of allylic oxidation sites excluding steroid dienone is 3. The maximum absolute atomic E-state index is 14.3. The third-order valence-corrected chi connectivity index (χ3v) is 6.38. The van der Waals surface area contributed by atoms with Gasteiger partial charge in [0.1, 0.15) is 35.6 Å². The van der Waals surface area contributed by atoms with Crippen molar-refractivity contribution in [2.75, 3.05) is 0 Å². The highest BCUT2D eigenvalue weighted by atomic mass is 35.5. The summed E-state index contributed by atoms with van der Waals surface area (Å²) in [6.07, 6.45) is 0.789. The molecule has 0 radical (unpaired) electrons. The fourth-order valence-corrected chi connectivity index (χ4v) is 4.69. The summed E-state index contributed by atoms with van der Waals surface area (Å²) < 4.78 is 25.9. The number of nitriles is 1. The molecule has 0 spiro atoms. The quantitative estimate of drug-likeness (QED) is 0.558. The van der Waals surface area contributed by atoms with E-state index < -0.39 is 11.7 Å². The summed E-state index contributed by atoms with van der Waals surface area (Å²) in [4.78, 5) is 13.2. The predicted octanol–water partition coefficient (Wildman–Crippen LogP) is 6.16. The third-order valence-electron chi connectivity index (χ3n) is 5.79. The molecule has 8 heteroatoms. The predicted molar refractivity (Wildman–Crippen MR) is 123 cm³/mol. The Hall–Kier alpha value is -3.01. The van der Waals surface area contributed by atoms with Crippen molar-refractivity contribution in [3.8, 4) is 11.8 Å². The number of carbonyl (C=O) groups excluding carboxylic acids is 1. The first-order chi connectivity index (χ1) is 15.6. The Morgan fingerprint density at radius 1 is 1.27 bits per heavy atom. The normalized spacial score (nSPS) is 19.6. The van der Waals surface area contributed by atoms with Crippen LogP contribution in [0, 0.1) is 22.6 Å². The first kappa shape index (κ1) is 23.2. The van der Waals surface area contributed by atoms with Crippen LogP contribution in [0.5, 0.6) is 5.75 Å². The van der Waals surface area contributed by atoms with E-state index in [9.17, 15) is 14.4 Å². The van der Waals surface area contributed by atoms with Gasteiger partial charge in [0.05, 0.1) is 10.9 Å². The Labute approximate surface area is 201 Å². The molecule has 0 aromatic heterocycles. The number of carbonyl (C=O) groups is 1. The van der Waals surface area contributed by atoms with E-state index in [-0.39, 0.29) is 39.8 Å². The van der Waals surface area contributed by atoms with Gasteiger partial charge in [0.15, 0.2) is 5.78 Å². The van der Waals surface area contributed by atoms with Gasteiger partial charge in [-0.3, -0.25) is 4.79 Å². The Kier molecular flexibility index (Phi) is 6.13. The van der Waals surface area contributed by atoms with E-state index in [1.165, 1.54) is 12.1 Å². The SMILES string of the molecule is CC1(C)CC(=O)C2=C(C1)OC(N)=C(C#N)C2c1cc(Cl)ccc1OCc1c(F)cccc1Cl. The highest BCUT2D eigenvalue weighted by Crippen LogP contribution is 2.50. The number of ketones is 1. The second kappa shape index (κ2) is 8.74. The molecule has 33 heavy (non-hydrogen) atoms. The Balaban J connectivity index is 1.82. The van der Waals surface area contributed by atoms with Crippen molar-refractivity contribution in [3.63, 3.8) is 0 Å². The van der Waals surface area contributed by atoms with Crippen LogP contribution >= 0.6 is 23.2 Å². The van der Waals surface area contributed by atoms with Crippen LogP contribution in [-0.4, -0.2) is 5.78 Å². The van der Waals surface area contributed by atoms with Crippen LogP contribution in [0.1, 0.15) is 43.7 Å². The molecule has 1 heterocycles. The monoisotopic (exact) mass is 486 g/mol. The molecule has 0 saturated heterocycles. The van der Waals surface area contributed by atoms with Crippen molar-refractivity contribution in [3.05, 3.63) is 86.2 Å². The smallest absolute Gasteiger partial charge is 0.205 e. The summed E-state index contributed by atoms with van der Waals surface area (Å²) in [5, 5.41) is 10.5. The van der Waals surface area contributed by atoms with Gasteiger partial charge in [-0.1, -0.05) is 43.1 Å². The molecule has 2 aromatic rings. The van der Waals surface area contributed by atoms with Gasteiger partial charge in [-0.2, -0.15) is 5.26 Å². The second-order valence-electron chi connectivity index (χ2n) is 8.87. The van der Waals surface area contributed by atoms with Crippen molar-refractivity contribution in [1.82, 2.24) is 0 Å². The number of ether oxygens (including phenoxy) is 2. The molecular weight excluding hydrogens is 466 g/mol. The highest BCUT2D eigenvalue weighted by molar-refractivity contribution is 6.31. The molecule has 2 N–H and O–H groups in total. The number of hydrogen-bond donors (Lipinski definition) is 1. The van der Waals surface area contributed by atoms with Gasteiger partial charge in [-0.25, -0.2) is 4.39 Å². The minimum atomic E-state index is -0.813. The van der Waals surface area contributed by atoms with Crippen LogP contribution < -0.4 is 10.5 Å². The van der Waals surface area contributed by atoms with E-state index >= 15 is 0 Å². The zero-order chi connectivity index (χ0) is 23.9. The first-order valence-electron chi connectivity index (χ1n) is 10.3. The molecule has 1 aliphatic heterocycles. The highest BCUT2D eigenvalue weighted by Gasteiger charge is 2.43. The van der Waals surface area contributed by atoms with Crippen LogP contribution in [0.15, 0.2) is 59.2 Å². The van der Waals surface area contributed by atoms with E-state index in [2.05, 4.69) is 6.07 Å². The number of hydrogen-bond acceptors (Lipinski definition) is 5. The molecule has 170 valence electrons. The molecular formula is C25H21Cl2FN2O3. The zero-order valence-corrected chi connectivity index (χ0v) is 19.6. The van der Waals surface area contributed by atoms with Gasteiger partial charge in [0.2, 0.25) is 5.88 Å². The summed E-state index contributed by atoms with van der Waals surface area (Å²) >= 11 is 12.4. The standard InChI is InChI=1S/C25H21Cl2FN2O3/c1-25(2)9-19(31)23-21(10-25)33-24(30)15(11-29)22(23)14-8-13(26)6-7-20(14)32-12-16-17(27)4-3-5-18(16)28/h3-8,22H,9-10,12,30H2,1-2H3. The van der Waals surface area contributed by atoms with Crippen molar-refractivity contribution in [1.29, 1.82) is 5.26 Å². The van der Waals surface area contributed by atoms with Crippen LogP contribution in [0.2, 0.25) is 10.0 Å². The van der Waals surface area contributed by atoms with Gasteiger partial charge in [-0.05, 0) is 35.7 Å². The number of nitrogens with two attached hydrogens (primary N) is 1. The average Bonchev–Trinajstić information content (AvgIpc) is 2.72. The Morgan fingerprint density at radius 2 is 2.03 bits per heavy atom. The van der Waals surface area contributed by atoms with Crippen LogP contribution in [0.3, 0.4) is 0 Å². The van der Waals surface area contributed by atoms with Gasteiger partial charge < -0.3 is 15.2 Å². The lowest BCUT2D eigenvalue weighted by atomic mass is 9.70. The van der Waals surface area contributed by atoms with E-state index in [1.807, 2.05) is 13.8 Å². The molecule has 2 aromatic carbocycles. The lowest BCUT2D eigenvalue weighted by molar-refractivity contribution is -0.119. The van der Waals surface area contributed by atoms with E-state index in [0.717, 1.165) is 0 Å². The molecule has 0 bridgehead atoms. The molecule has 1 aliphatic carbocycles. The molecule has 2 aliphatic rings. The van der Waals surface area contributed by atoms with Gasteiger partial charge in [-0.15, -0.1) is 0 Å². The average molecular weight is 487 g/mol. The van der Waals surface area contributed by atoms with Gasteiger partial charge >= 0.3 is 0 Å². The summed E-state index contributed by atoms with van der Waals surface area (Å²) in [6.45, 7) is 3.79. The van der Waals surface area contributed by atoms with E-state index in [0.29, 0.717) is 40.5 Å². The molecule has 0 amide bonds. The van der Waals surface area contributed by atoms with Crippen LogP contribution in [-0.2, 0) is 16.1 Å². The van der Waals surface area contributed by atoms with Crippen LogP contribution in [0.4, 0.5) is 4.39 Å². The van der Waals surface area contributed by atoms with Gasteiger partial charge in [0.25, 0.3) is 0 Å².